The number of carbonyl (C=O) groups excluding carboxylic acids is 1. The summed E-state index contributed by atoms with van der Waals surface area (Å²) in [5.41, 5.74) is 2.69. The molecule has 140 valence electrons. The Hall–Kier alpha value is -1.33. The van der Waals surface area contributed by atoms with Crippen molar-refractivity contribution in [2.45, 2.75) is 70.9 Å². The van der Waals surface area contributed by atoms with Gasteiger partial charge in [0, 0.05) is 0 Å². The maximum absolute atomic E-state index is 12.2. The molecule has 5 heteroatoms. The van der Waals surface area contributed by atoms with Crippen molar-refractivity contribution >= 4 is 14.4 Å². The minimum atomic E-state index is -1.87. The summed E-state index contributed by atoms with van der Waals surface area (Å²) in [6.45, 7) is 15.3. The van der Waals surface area contributed by atoms with Crippen molar-refractivity contribution in [3.8, 4) is 0 Å². The van der Waals surface area contributed by atoms with Crippen LogP contribution in [0.1, 0.15) is 47.1 Å². The van der Waals surface area contributed by atoms with Crippen LogP contribution in [-0.2, 0) is 15.8 Å². The first kappa shape index (κ1) is 20.0. The largest absolute Gasteiger partial charge is 0.445 e. The van der Waals surface area contributed by atoms with Crippen LogP contribution >= 0.6 is 0 Å². The molecule has 1 aromatic rings. The third-order valence-corrected chi connectivity index (χ3v) is 11.5. The molecule has 0 spiro atoms. The molecule has 2 rings (SSSR count). The van der Waals surface area contributed by atoms with Crippen LogP contribution in [0.4, 0.5) is 4.79 Å². The Morgan fingerprint density at radius 1 is 1.04 bits per heavy atom. The van der Waals surface area contributed by atoms with E-state index in [0.717, 1.165) is 5.56 Å². The summed E-state index contributed by atoms with van der Waals surface area (Å²) < 4.78 is 12.1. The first-order valence-corrected chi connectivity index (χ1v) is 11.5. The molecule has 1 saturated heterocycles. The van der Waals surface area contributed by atoms with Crippen molar-refractivity contribution < 1.29 is 14.0 Å². The summed E-state index contributed by atoms with van der Waals surface area (Å²) in [4.78, 5) is 13.9. The molecule has 1 aliphatic heterocycles. The number of hydrogen-bond acceptors (Lipinski definition) is 3. The normalized spacial score (nSPS) is 15.8. The molecule has 0 radical (unpaired) electrons. The lowest BCUT2D eigenvalue weighted by molar-refractivity contribution is 0.000518. The molecule has 0 aromatic heterocycles. The number of benzene rings is 1. The van der Waals surface area contributed by atoms with Crippen molar-refractivity contribution in [1.82, 2.24) is 4.90 Å². The number of likely N-dealkylation sites (tertiary alicyclic amines) is 1. The second-order valence-electron chi connectivity index (χ2n) is 8.00. The van der Waals surface area contributed by atoms with Gasteiger partial charge in [-0.05, 0) is 22.2 Å². The number of carbonyl (C=O) groups is 1. The number of amides is 1. The number of ether oxygens (including phenoxy) is 1. The molecule has 1 aromatic carbocycles. The second kappa shape index (κ2) is 8.36. The van der Waals surface area contributed by atoms with Crippen molar-refractivity contribution in [3.05, 3.63) is 35.9 Å². The van der Waals surface area contributed by atoms with E-state index in [4.69, 9.17) is 9.16 Å². The summed E-state index contributed by atoms with van der Waals surface area (Å²) in [6, 6.07) is 9.78. The molecule has 0 aliphatic carbocycles. The van der Waals surface area contributed by atoms with Crippen LogP contribution in [0.3, 0.4) is 0 Å². The minimum absolute atomic E-state index is 0.156. The van der Waals surface area contributed by atoms with E-state index in [1.165, 1.54) is 0 Å². The summed E-state index contributed by atoms with van der Waals surface area (Å²) >= 11 is 0. The van der Waals surface area contributed by atoms with Gasteiger partial charge < -0.3 is 14.1 Å². The van der Waals surface area contributed by atoms with E-state index in [2.05, 4.69) is 41.5 Å². The molecule has 1 heterocycles. The molecule has 1 amide bonds. The van der Waals surface area contributed by atoms with Crippen LogP contribution in [-0.4, -0.2) is 38.5 Å². The van der Waals surface area contributed by atoms with Crippen LogP contribution in [0.15, 0.2) is 30.3 Å². The summed E-state index contributed by atoms with van der Waals surface area (Å²) in [5.74, 6) is 0. The third-order valence-electron chi connectivity index (χ3n) is 5.39. The molecule has 0 saturated carbocycles. The fourth-order valence-electron chi connectivity index (χ4n) is 4.17. The molecule has 4 nitrogen and oxygen atoms in total. The van der Waals surface area contributed by atoms with Crippen molar-refractivity contribution in [2.24, 2.45) is 0 Å². The van der Waals surface area contributed by atoms with Crippen LogP contribution in [0.2, 0.25) is 16.6 Å². The highest BCUT2D eigenvalue weighted by Gasteiger charge is 2.48. The highest BCUT2D eigenvalue weighted by molar-refractivity contribution is 6.77. The summed E-state index contributed by atoms with van der Waals surface area (Å²) in [6.07, 6.45) is -0.0854. The van der Waals surface area contributed by atoms with Crippen LogP contribution in [0, 0.1) is 0 Å². The molecule has 0 bridgehead atoms. The zero-order chi connectivity index (χ0) is 18.6. The average molecular weight is 364 g/mol. The Morgan fingerprint density at radius 3 is 2.04 bits per heavy atom. The third kappa shape index (κ3) is 4.45. The van der Waals surface area contributed by atoms with Crippen molar-refractivity contribution in [2.75, 3.05) is 13.1 Å². The molecule has 0 N–H and O–H groups in total. The predicted molar refractivity (Wildman–Crippen MR) is 104 cm³/mol. The van der Waals surface area contributed by atoms with Gasteiger partial charge in [0.25, 0.3) is 0 Å². The summed E-state index contributed by atoms with van der Waals surface area (Å²) in [7, 11) is -1.87. The van der Waals surface area contributed by atoms with Crippen LogP contribution in [0.25, 0.3) is 0 Å². The maximum atomic E-state index is 12.2. The standard InChI is InChI=1S/C20H33NO3Si/c1-15(2)25(16(3)4,17(5)6)24-19-12-21(13-19)20(22)23-14-18-10-8-7-9-11-18/h7-11,15-17,19H,12-14H2,1-6H3. The molecular formula is C20H33NO3Si. The van der Waals surface area contributed by atoms with Gasteiger partial charge in [0.1, 0.15) is 6.61 Å². The van der Waals surface area contributed by atoms with E-state index in [9.17, 15) is 4.79 Å². The zero-order valence-corrected chi connectivity index (χ0v) is 17.5. The van der Waals surface area contributed by atoms with Gasteiger partial charge in [-0.15, -0.1) is 0 Å². The lowest BCUT2D eigenvalue weighted by Gasteiger charge is -2.49. The molecule has 1 aliphatic rings. The van der Waals surface area contributed by atoms with Gasteiger partial charge >= 0.3 is 6.09 Å². The number of rotatable bonds is 7. The second-order valence-corrected chi connectivity index (χ2v) is 13.4. The SMILES string of the molecule is CC(C)[Si](OC1CN(C(=O)OCc2ccccc2)C1)(C(C)C)C(C)C. The van der Waals surface area contributed by atoms with Gasteiger partial charge in [-0.2, -0.15) is 0 Å². The minimum Gasteiger partial charge on any atom is -0.445 e. The van der Waals surface area contributed by atoms with E-state index >= 15 is 0 Å². The van der Waals surface area contributed by atoms with Crippen molar-refractivity contribution in [3.63, 3.8) is 0 Å². The Kier molecular flexibility index (Phi) is 6.69. The smallest absolute Gasteiger partial charge is 0.410 e. The molecule has 1 fully saturated rings. The van der Waals surface area contributed by atoms with Crippen LogP contribution < -0.4 is 0 Å². The summed E-state index contributed by atoms with van der Waals surface area (Å²) in [5, 5.41) is 0. The highest BCUT2D eigenvalue weighted by Crippen LogP contribution is 2.43. The zero-order valence-electron chi connectivity index (χ0n) is 16.5. The van der Waals surface area contributed by atoms with Gasteiger partial charge in [-0.3, -0.25) is 0 Å². The Labute approximate surface area is 153 Å². The monoisotopic (exact) mass is 363 g/mol. The predicted octanol–water partition coefficient (Wildman–Crippen LogP) is 5.20. The Bertz CT molecular complexity index is 532. The van der Waals surface area contributed by atoms with Crippen LogP contribution in [0.5, 0.6) is 0 Å². The van der Waals surface area contributed by atoms with Gasteiger partial charge in [-0.25, -0.2) is 4.79 Å². The number of hydrogen-bond donors (Lipinski definition) is 0. The van der Waals surface area contributed by atoms with E-state index in [1.807, 2.05) is 30.3 Å². The van der Waals surface area contributed by atoms with Gasteiger partial charge in [0.2, 0.25) is 8.32 Å². The quantitative estimate of drug-likeness (QED) is 0.625. The molecule has 25 heavy (non-hydrogen) atoms. The molecule has 0 unspecified atom stereocenters. The fraction of sp³-hybridized carbons (Fsp3) is 0.650. The first-order chi connectivity index (χ1) is 11.8. The topological polar surface area (TPSA) is 38.8 Å². The van der Waals surface area contributed by atoms with E-state index in [-0.39, 0.29) is 12.2 Å². The van der Waals surface area contributed by atoms with E-state index in [0.29, 0.717) is 36.3 Å². The van der Waals surface area contributed by atoms with Gasteiger partial charge in [0.15, 0.2) is 0 Å². The lowest BCUT2D eigenvalue weighted by atomic mass is 10.2. The van der Waals surface area contributed by atoms with Gasteiger partial charge in [0.05, 0.1) is 19.2 Å². The Morgan fingerprint density at radius 2 is 1.56 bits per heavy atom. The van der Waals surface area contributed by atoms with E-state index < -0.39 is 8.32 Å². The highest BCUT2D eigenvalue weighted by atomic mass is 28.4. The average Bonchev–Trinajstić information content (AvgIpc) is 2.51. The molecular weight excluding hydrogens is 330 g/mol. The van der Waals surface area contributed by atoms with Gasteiger partial charge in [-0.1, -0.05) is 71.9 Å². The fourth-order valence-corrected chi connectivity index (χ4v) is 9.71. The maximum Gasteiger partial charge on any atom is 0.410 e. The van der Waals surface area contributed by atoms with E-state index in [1.54, 1.807) is 4.90 Å². The first-order valence-electron chi connectivity index (χ1n) is 9.40. The Balaban J connectivity index is 1.85. The molecule has 0 atom stereocenters. The lowest BCUT2D eigenvalue weighted by Crippen LogP contribution is -2.61. The van der Waals surface area contributed by atoms with Crippen molar-refractivity contribution in [1.29, 1.82) is 0 Å². The number of nitrogens with zero attached hydrogens (tertiary/aromatic N) is 1.